The van der Waals surface area contributed by atoms with E-state index in [4.69, 9.17) is 4.74 Å². The Hall–Kier alpha value is -1.55. The van der Waals surface area contributed by atoms with E-state index in [2.05, 4.69) is 23.5 Å². The van der Waals surface area contributed by atoms with E-state index in [0.717, 1.165) is 18.7 Å². The molecule has 1 aliphatic heterocycles. The minimum Gasteiger partial charge on any atom is -0.496 e. The van der Waals surface area contributed by atoms with Crippen LogP contribution in [0.25, 0.3) is 0 Å². The van der Waals surface area contributed by atoms with E-state index in [1.807, 2.05) is 18.0 Å². The molecule has 1 saturated carbocycles. The molecule has 23 heavy (non-hydrogen) atoms. The Morgan fingerprint density at radius 3 is 2.65 bits per heavy atom. The zero-order chi connectivity index (χ0) is 16.2. The van der Waals surface area contributed by atoms with Gasteiger partial charge in [0, 0.05) is 37.7 Å². The second kappa shape index (κ2) is 7.35. The van der Waals surface area contributed by atoms with Gasteiger partial charge >= 0.3 is 0 Å². The van der Waals surface area contributed by atoms with Crippen LogP contribution in [0.15, 0.2) is 24.3 Å². The zero-order valence-electron chi connectivity index (χ0n) is 14.3. The SMILES string of the molecule is COc1ccccc1[C@H](N[C@H]1CCC(=O)N(C)C1)C1CCCC1. The summed E-state index contributed by atoms with van der Waals surface area (Å²) in [5.41, 5.74) is 1.27. The average Bonchev–Trinajstić information content (AvgIpc) is 3.10. The smallest absolute Gasteiger partial charge is 0.222 e. The topological polar surface area (TPSA) is 41.6 Å². The molecule has 0 radical (unpaired) electrons. The number of likely N-dealkylation sites (N-methyl/N-ethyl adjacent to an activating group) is 1. The molecular formula is C19H28N2O2. The van der Waals surface area contributed by atoms with Crippen molar-refractivity contribution in [3.63, 3.8) is 0 Å². The number of nitrogens with zero attached hydrogens (tertiary/aromatic N) is 1. The monoisotopic (exact) mass is 316 g/mol. The van der Waals surface area contributed by atoms with E-state index < -0.39 is 0 Å². The molecule has 1 N–H and O–H groups in total. The molecule has 1 aliphatic carbocycles. The third kappa shape index (κ3) is 3.69. The lowest BCUT2D eigenvalue weighted by molar-refractivity contribution is -0.132. The highest BCUT2D eigenvalue weighted by Crippen LogP contribution is 2.39. The van der Waals surface area contributed by atoms with Crippen molar-refractivity contribution in [1.29, 1.82) is 0 Å². The van der Waals surface area contributed by atoms with Crippen LogP contribution in [-0.2, 0) is 4.79 Å². The van der Waals surface area contributed by atoms with Gasteiger partial charge in [-0.15, -0.1) is 0 Å². The van der Waals surface area contributed by atoms with Crippen molar-refractivity contribution in [3.8, 4) is 5.75 Å². The van der Waals surface area contributed by atoms with Gasteiger partial charge in [0.2, 0.25) is 5.91 Å². The first-order valence-electron chi connectivity index (χ1n) is 8.82. The highest BCUT2D eigenvalue weighted by molar-refractivity contribution is 5.76. The van der Waals surface area contributed by atoms with Crippen LogP contribution in [0.5, 0.6) is 5.75 Å². The minimum atomic E-state index is 0.262. The van der Waals surface area contributed by atoms with E-state index in [9.17, 15) is 4.79 Å². The van der Waals surface area contributed by atoms with Crippen LogP contribution in [0.1, 0.15) is 50.1 Å². The lowest BCUT2D eigenvalue weighted by Crippen LogP contribution is -2.48. The molecule has 1 amide bonds. The normalized spacial score (nSPS) is 24.0. The largest absolute Gasteiger partial charge is 0.496 e. The molecule has 1 heterocycles. The molecule has 1 aromatic rings. The van der Waals surface area contributed by atoms with Crippen LogP contribution in [0.4, 0.5) is 0 Å². The maximum atomic E-state index is 11.7. The quantitative estimate of drug-likeness (QED) is 0.907. The van der Waals surface area contributed by atoms with Gasteiger partial charge in [0.05, 0.1) is 7.11 Å². The van der Waals surface area contributed by atoms with Crippen molar-refractivity contribution < 1.29 is 9.53 Å². The van der Waals surface area contributed by atoms with Gasteiger partial charge in [0.15, 0.2) is 0 Å². The summed E-state index contributed by atoms with van der Waals surface area (Å²) < 4.78 is 5.61. The predicted octanol–water partition coefficient (Wildman–Crippen LogP) is 3.14. The van der Waals surface area contributed by atoms with Gasteiger partial charge in [-0.2, -0.15) is 0 Å². The number of benzene rings is 1. The first kappa shape index (κ1) is 16.3. The number of amides is 1. The molecule has 4 nitrogen and oxygen atoms in total. The van der Waals surface area contributed by atoms with Crippen LogP contribution >= 0.6 is 0 Å². The summed E-state index contributed by atoms with van der Waals surface area (Å²) in [5.74, 6) is 1.89. The van der Waals surface area contributed by atoms with Gasteiger partial charge in [0.1, 0.15) is 5.75 Å². The minimum absolute atomic E-state index is 0.262. The molecule has 2 aliphatic rings. The van der Waals surface area contributed by atoms with Crippen molar-refractivity contribution in [2.24, 2.45) is 5.92 Å². The van der Waals surface area contributed by atoms with E-state index in [1.54, 1.807) is 7.11 Å². The number of carbonyl (C=O) groups is 1. The van der Waals surface area contributed by atoms with Crippen molar-refractivity contribution in [2.45, 2.75) is 50.6 Å². The number of rotatable bonds is 5. The Bertz CT molecular complexity index is 540. The standard InChI is InChI=1S/C19H28N2O2/c1-21-13-15(11-12-18(21)22)20-19(14-7-3-4-8-14)16-9-5-6-10-17(16)23-2/h5-6,9-10,14-15,19-20H,3-4,7-8,11-13H2,1-2H3/t15-,19+/m0/s1. The van der Waals surface area contributed by atoms with E-state index in [0.29, 0.717) is 24.4 Å². The fraction of sp³-hybridized carbons (Fsp3) is 0.632. The first-order chi connectivity index (χ1) is 11.2. The Labute approximate surface area is 139 Å². The Morgan fingerprint density at radius 2 is 1.96 bits per heavy atom. The highest BCUT2D eigenvalue weighted by atomic mass is 16.5. The Morgan fingerprint density at radius 1 is 1.22 bits per heavy atom. The number of hydrogen-bond acceptors (Lipinski definition) is 3. The molecular weight excluding hydrogens is 288 g/mol. The third-order valence-corrected chi connectivity index (χ3v) is 5.39. The number of piperidine rings is 1. The third-order valence-electron chi connectivity index (χ3n) is 5.39. The molecule has 1 aromatic carbocycles. The van der Waals surface area contributed by atoms with Gasteiger partial charge < -0.3 is 15.0 Å². The van der Waals surface area contributed by atoms with E-state index in [-0.39, 0.29) is 5.91 Å². The average molecular weight is 316 g/mol. The molecule has 4 heteroatoms. The van der Waals surface area contributed by atoms with Crippen molar-refractivity contribution in [2.75, 3.05) is 20.7 Å². The lowest BCUT2D eigenvalue weighted by atomic mass is 9.89. The molecule has 0 aromatic heterocycles. The molecule has 1 saturated heterocycles. The number of ether oxygens (including phenoxy) is 1. The highest BCUT2D eigenvalue weighted by Gasteiger charge is 2.32. The second-order valence-electron chi connectivity index (χ2n) is 6.94. The van der Waals surface area contributed by atoms with Crippen LogP contribution < -0.4 is 10.1 Å². The Balaban J connectivity index is 1.80. The molecule has 0 bridgehead atoms. The van der Waals surface area contributed by atoms with Gasteiger partial charge in [-0.25, -0.2) is 0 Å². The summed E-state index contributed by atoms with van der Waals surface area (Å²) in [5, 5.41) is 3.87. The van der Waals surface area contributed by atoms with Gasteiger partial charge in [-0.3, -0.25) is 4.79 Å². The summed E-state index contributed by atoms with van der Waals surface area (Å²) >= 11 is 0. The van der Waals surface area contributed by atoms with Gasteiger partial charge in [-0.1, -0.05) is 31.0 Å². The zero-order valence-corrected chi connectivity index (χ0v) is 14.3. The van der Waals surface area contributed by atoms with Crippen molar-refractivity contribution in [3.05, 3.63) is 29.8 Å². The maximum Gasteiger partial charge on any atom is 0.222 e. The maximum absolute atomic E-state index is 11.7. The van der Waals surface area contributed by atoms with Crippen LogP contribution in [-0.4, -0.2) is 37.6 Å². The number of methoxy groups -OCH3 is 1. The molecule has 2 atom stereocenters. The second-order valence-corrected chi connectivity index (χ2v) is 6.94. The van der Waals surface area contributed by atoms with Crippen LogP contribution in [0.3, 0.4) is 0 Å². The van der Waals surface area contributed by atoms with E-state index in [1.165, 1.54) is 31.2 Å². The predicted molar refractivity (Wildman–Crippen MR) is 91.5 cm³/mol. The number of para-hydroxylation sites is 1. The summed E-state index contributed by atoms with van der Waals surface area (Å²) in [7, 11) is 3.65. The van der Waals surface area contributed by atoms with Gasteiger partial charge in [0.25, 0.3) is 0 Å². The fourth-order valence-electron chi connectivity index (χ4n) is 4.10. The number of likely N-dealkylation sites (tertiary alicyclic amines) is 1. The molecule has 2 fully saturated rings. The number of hydrogen-bond donors (Lipinski definition) is 1. The molecule has 0 spiro atoms. The lowest BCUT2D eigenvalue weighted by Gasteiger charge is -2.36. The number of nitrogens with one attached hydrogen (secondary N) is 1. The van der Waals surface area contributed by atoms with Crippen molar-refractivity contribution >= 4 is 5.91 Å². The Kier molecular flexibility index (Phi) is 5.21. The van der Waals surface area contributed by atoms with Gasteiger partial charge in [-0.05, 0) is 31.2 Å². The summed E-state index contributed by atoms with van der Waals surface area (Å²) in [6, 6.07) is 9.05. The van der Waals surface area contributed by atoms with E-state index >= 15 is 0 Å². The first-order valence-corrected chi connectivity index (χ1v) is 8.82. The summed E-state index contributed by atoms with van der Waals surface area (Å²) in [6.45, 7) is 0.803. The fourth-order valence-corrected chi connectivity index (χ4v) is 4.10. The van der Waals surface area contributed by atoms with Crippen molar-refractivity contribution in [1.82, 2.24) is 10.2 Å². The number of carbonyl (C=O) groups excluding carboxylic acids is 1. The molecule has 126 valence electrons. The molecule has 3 rings (SSSR count). The van der Waals surface area contributed by atoms with Crippen LogP contribution in [0.2, 0.25) is 0 Å². The summed E-state index contributed by atoms with van der Waals surface area (Å²) in [4.78, 5) is 13.6. The van der Waals surface area contributed by atoms with Crippen LogP contribution in [0, 0.1) is 5.92 Å². The molecule has 0 unspecified atom stereocenters. The summed E-state index contributed by atoms with van der Waals surface area (Å²) in [6.07, 6.45) is 6.77.